The molecular weight excluding hydrogens is 474 g/mol. The van der Waals surface area contributed by atoms with Gasteiger partial charge in [0.25, 0.3) is 11.1 Å². The maximum absolute atomic E-state index is 12.6. The second-order valence-corrected chi connectivity index (χ2v) is 8.89. The zero-order valence-electron chi connectivity index (χ0n) is 15.7. The maximum atomic E-state index is 12.6. The second kappa shape index (κ2) is 8.75. The van der Waals surface area contributed by atoms with Crippen LogP contribution in [0, 0.1) is 0 Å². The van der Waals surface area contributed by atoms with Crippen LogP contribution in [0.25, 0.3) is 6.08 Å². The van der Waals surface area contributed by atoms with Crippen molar-refractivity contribution in [1.82, 2.24) is 4.90 Å². The number of carbonyl (C=O) groups is 3. The molecule has 1 heterocycles. The fraction of sp³-hybridized carbons (Fsp3) is 0.389. The molecule has 7 nitrogen and oxygen atoms in total. The first-order valence-corrected chi connectivity index (χ1v) is 10.2. The topological polar surface area (TPSA) is 93.1 Å². The number of rotatable bonds is 5. The van der Waals surface area contributed by atoms with Crippen molar-refractivity contribution in [2.45, 2.75) is 33.3 Å². The minimum atomic E-state index is -0.724. The summed E-state index contributed by atoms with van der Waals surface area (Å²) in [4.78, 5) is 37.6. The number of phenols is 1. The van der Waals surface area contributed by atoms with Crippen molar-refractivity contribution in [2.24, 2.45) is 0 Å². The van der Waals surface area contributed by atoms with Gasteiger partial charge in [0.05, 0.1) is 11.5 Å². The molecule has 10 heteroatoms. The number of amides is 2. The lowest BCUT2D eigenvalue weighted by Crippen LogP contribution is -2.37. The molecule has 1 N–H and O–H groups in total. The van der Waals surface area contributed by atoms with Gasteiger partial charge in [-0.15, -0.1) is 0 Å². The highest BCUT2D eigenvalue weighted by atomic mass is 79.9. The Morgan fingerprint density at radius 3 is 2.61 bits per heavy atom. The van der Waals surface area contributed by atoms with Crippen LogP contribution in [0.4, 0.5) is 4.79 Å². The van der Waals surface area contributed by atoms with Crippen LogP contribution in [-0.2, 0) is 14.3 Å². The zero-order chi connectivity index (χ0) is 21.2. The zero-order valence-corrected chi connectivity index (χ0v) is 18.8. The highest BCUT2D eigenvalue weighted by molar-refractivity contribution is 9.10. The largest absolute Gasteiger partial charge is 0.503 e. The number of aromatic hydroxyl groups is 1. The lowest BCUT2D eigenvalue weighted by atomic mass is 10.1. The van der Waals surface area contributed by atoms with Crippen molar-refractivity contribution in [3.05, 3.63) is 26.0 Å². The van der Waals surface area contributed by atoms with Gasteiger partial charge in [-0.2, -0.15) is 0 Å². The molecule has 28 heavy (non-hydrogen) atoms. The van der Waals surface area contributed by atoms with Crippen LogP contribution >= 0.6 is 39.3 Å². The highest BCUT2D eigenvalue weighted by Crippen LogP contribution is 2.43. The molecule has 0 unspecified atom stereocenters. The number of hydrogen-bond donors (Lipinski definition) is 1. The molecule has 1 aromatic carbocycles. The third kappa shape index (κ3) is 5.21. The number of thioether (sulfide) groups is 1. The van der Waals surface area contributed by atoms with Gasteiger partial charge < -0.3 is 14.6 Å². The summed E-state index contributed by atoms with van der Waals surface area (Å²) < 4.78 is 10.8. The smallest absolute Gasteiger partial charge is 0.326 e. The van der Waals surface area contributed by atoms with Gasteiger partial charge in [0.1, 0.15) is 17.2 Å². The Hall–Kier alpha value is -1.71. The standard InChI is InChI=1S/C18H19BrClNO6S/c1-5-26-10-6-9(13(19)14(20)15(10)23)7-11-16(24)21(17(25)28-11)8-12(22)27-18(2,3)4/h6-7,23H,5,8H2,1-4H3. The van der Waals surface area contributed by atoms with Crippen LogP contribution in [-0.4, -0.2) is 45.9 Å². The van der Waals surface area contributed by atoms with Crippen molar-refractivity contribution in [3.8, 4) is 11.5 Å². The van der Waals surface area contributed by atoms with Gasteiger partial charge >= 0.3 is 5.97 Å². The van der Waals surface area contributed by atoms with Crippen LogP contribution in [0.3, 0.4) is 0 Å². The predicted molar refractivity (Wildman–Crippen MR) is 111 cm³/mol. The molecule has 1 fully saturated rings. The van der Waals surface area contributed by atoms with Crippen molar-refractivity contribution in [2.75, 3.05) is 13.2 Å². The normalized spacial score (nSPS) is 16.1. The van der Waals surface area contributed by atoms with Gasteiger partial charge in [-0.05, 0) is 73.1 Å². The summed E-state index contributed by atoms with van der Waals surface area (Å²) in [6.45, 7) is 6.66. The van der Waals surface area contributed by atoms with Crippen molar-refractivity contribution in [1.29, 1.82) is 0 Å². The summed E-state index contributed by atoms with van der Waals surface area (Å²) in [7, 11) is 0. The van der Waals surface area contributed by atoms with E-state index in [0.29, 0.717) is 28.4 Å². The number of ether oxygens (including phenoxy) is 2. The molecule has 0 aromatic heterocycles. The molecule has 1 saturated heterocycles. The molecule has 1 aromatic rings. The first-order valence-electron chi connectivity index (χ1n) is 8.25. The lowest BCUT2D eigenvalue weighted by Gasteiger charge is -2.21. The fourth-order valence-electron chi connectivity index (χ4n) is 2.26. The summed E-state index contributed by atoms with van der Waals surface area (Å²) in [5, 5.41) is 9.47. The third-order valence-electron chi connectivity index (χ3n) is 3.34. The molecule has 1 aliphatic heterocycles. The monoisotopic (exact) mass is 491 g/mol. The quantitative estimate of drug-likeness (QED) is 0.475. The van der Waals surface area contributed by atoms with Crippen molar-refractivity contribution < 1.29 is 29.0 Å². The highest BCUT2D eigenvalue weighted by Gasteiger charge is 2.37. The SMILES string of the molecule is CCOc1cc(C=C2SC(=O)N(CC(=O)OC(C)(C)C)C2=O)c(Br)c(Cl)c1O. The Morgan fingerprint density at radius 1 is 1.39 bits per heavy atom. The van der Waals surface area contributed by atoms with E-state index >= 15 is 0 Å². The summed E-state index contributed by atoms with van der Waals surface area (Å²) in [5.41, 5.74) is -0.285. The lowest BCUT2D eigenvalue weighted by molar-refractivity contribution is -0.156. The van der Waals surface area contributed by atoms with E-state index in [4.69, 9.17) is 21.1 Å². The molecule has 0 bridgehead atoms. The molecule has 2 amide bonds. The number of benzene rings is 1. The minimum Gasteiger partial charge on any atom is -0.503 e. The maximum Gasteiger partial charge on any atom is 0.326 e. The van der Waals surface area contributed by atoms with Gasteiger partial charge in [-0.25, -0.2) is 0 Å². The van der Waals surface area contributed by atoms with E-state index in [1.807, 2.05) is 0 Å². The van der Waals surface area contributed by atoms with Crippen LogP contribution < -0.4 is 4.74 Å². The number of phenolic OH excluding ortho intramolecular Hbond substituents is 1. The van der Waals surface area contributed by atoms with Crippen LogP contribution in [0.2, 0.25) is 5.02 Å². The van der Waals surface area contributed by atoms with Crippen LogP contribution in [0.5, 0.6) is 11.5 Å². The molecule has 0 aliphatic carbocycles. The predicted octanol–water partition coefficient (Wildman–Crippen LogP) is 4.58. The first-order chi connectivity index (χ1) is 12.9. The van der Waals surface area contributed by atoms with E-state index in [1.165, 1.54) is 12.1 Å². The van der Waals surface area contributed by atoms with E-state index in [0.717, 1.165) is 4.90 Å². The Morgan fingerprint density at radius 2 is 2.04 bits per heavy atom. The van der Waals surface area contributed by atoms with Gasteiger partial charge in [-0.3, -0.25) is 19.3 Å². The molecule has 0 spiro atoms. The number of esters is 1. The molecule has 1 aliphatic rings. The van der Waals surface area contributed by atoms with E-state index < -0.39 is 29.3 Å². The van der Waals surface area contributed by atoms with E-state index in [-0.39, 0.29) is 21.4 Å². The number of nitrogens with zero attached hydrogens (tertiary/aromatic N) is 1. The van der Waals surface area contributed by atoms with Gasteiger partial charge in [0, 0.05) is 4.47 Å². The molecule has 0 atom stereocenters. The third-order valence-corrected chi connectivity index (χ3v) is 5.70. The van der Waals surface area contributed by atoms with E-state index in [1.54, 1.807) is 27.7 Å². The van der Waals surface area contributed by atoms with Gasteiger partial charge in [0.2, 0.25) is 0 Å². The molecule has 2 rings (SSSR count). The molecule has 0 radical (unpaired) electrons. The number of carbonyl (C=O) groups excluding carboxylic acids is 3. The summed E-state index contributed by atoms with van der Waals surface area (Å²) in [6.07, 6.45) is 1.44. The summed E-state index contributed by atoms with van der Waals surface area (Å²) in [6, 6.07) is 1.50. The Labute approximate surface area is 180 Å². The van der Waals surface area contributed by atoms with Crippen molar-refractivity contribution in [3.63, 3.8) is 0 Å². The van der Waals surface area contributed by atoms with Gasteiger partial charge in [0.15, 0.2) is 11.5 Å². The second-order valence-electron chi connectivity index (χ2n) is 6.73. The summed E-state index contributed by atoms with van der Waals surface area (Å²) in [5.74, 6) is -1.38. The number of halogens is 2. The van der Waals surface area contributed by atoms with E-state index in [9.17, 15) is 19.5 Å². The number of hydrogen-bond acceptors (Lipinski definition) is 7. The molecule has 152 valence electrons. The van der Waals surface area contributed by atoms with Crippen LogP contribution in [0.15, 0.2) is 15.4 Å². The average Bonchev–Trinajstić information content (AvgIpc) is 2.83. The number of imide groups is 1. The minimum absolute atomic E-state index is 0.0187. The fourth-order valence-corrected chi connectivity index (χ4v) is 3.71. The first kappa shape index (κ1) is 22.6. The molecular formula is C18H19BrClNO6S. The van der Waals surface area contributed by atoms with Gasteiger partial charge in [-0.1, -0.05) is 11.6 Å². The Bertz CT molecular complexity index is 865. The average molecular weight is 493 g/mol. The summed E-state index contributed by atoms with van der Waals surface area (Å²) >= 11 is 10.1. The Balaban J connectivity index is 2.30. The van der Waals surface area contributed by atoms with Crippen LogP contribution in [0.1, 0.15) is 33.3 Å². The van der Waals surface area contributed by atoms with Crippen molar-refractivity contribution >= 4 is 62.5 Å². The Kier molecular flexibility index (Phi) is 7.06. The molecule has 0 saturated carbocycles. The van der Waals surface area contributed by atoms with E-state index in [2.05, 4.69) is 15.9 Å².